The Morgan fingerprint density at radius 3 is 2.30 bits per heavy atom. The number of aryl methyl sites for hydroxylation is 2. The van der Waals surface area contributed by atoms with Crippen molar-refractivity contribution in [2.75, 3.05) is 5.32 Å². The van der Waals surface area contributed by atoms with Crippen molar-refractivity contribution in [3.8, 4) is 0 Å². The van der Waals surface area contributed by atoms with Gasteiger partial charge in [-0.1, -0.05) is 46.9 Å². The first-order valence-electron chi connectivity index (χ1n) is 7.84. The van der Waals surface area contributed by atoms with Crippen molar-refractivity contribution in [1.82, 2.24) is 10.6 Å². The summed E-state index contributed by atoms with van der Waals surface area (Å²) in [5, 5.41) is 8.51. The minimum atomic E-state index is -1.89. The van der Waals surface area contributed by atoms with Crippen LogP contribution in [0.1, 0.15) is 21.5 Å². The van der Waals surface area contributed by atoms with Crippen LogP contribution in [0.3, 0.4) is 0 Å². The maximum Gasteiger partial charge on any atom is 0.252 e. The van der Waals surface area contributed by atoms with Gasteiger partial charge in [-0.25, -0.2) is 4.39 Å². The van der Waals surface area contributed by atoms with Crippen LogP contribution in [0, 0.1) is 19.7 Å². The first-order valence-corrected chi connectivity index (χ1v) is 9.38. The average Bonchev–Trinajstić information content (AvgIpc) is 2.57. The van der Waals surface area contributed by atoms with Crippen LogP contribution in [0.4, 0.5) is 10.1 Å². The maximum atomic E-state index is 13.0. The Bertz CT molecular complexity index is 841. The molecule has 0 radical (unpaired) electrons. The topological polar surface area (TPSA) is 53.2 Å². The van der Waals surface area contributed by atoms with E-state index in [-0.39, 0.29) is 10.7 Å². The molecule has 0 aliphatic carbocycles. The van der Waals surface area contributed by atoms with Gasteiger partial charge in [-0.05, 0) is 67.5 Å². The van der Waals surface area contributed by atoms with Gasteiger partial charge in [0.1, 0.15) is 12.0 Å². The second kappa shape index (κ2) is 9.06. The molecule has 0 bridgehead atoms. The van der Waals surface area contributed by atoms with Crippen molar-refractivity contribution in [1.29, 1.82) is 0 Å². The lowest BCUT2D eigenvalue weighted by Gasteiger charge is -2.28. The van der Waals surface area contributed by atoms with Crippen molar-refractivity contribution >= 4 is 63.7 Å². The van der Waals surface area contributed by atoms with E-state index in [0.29, 0.717) is 0 Å². The summed E-state index contributed by atoms with van der Waals surface area (Å²) in [7, 11) is 0. The van der Waals surface area contributed by atoms with Gasteiger partial charge in [0, 0.05) is 11.3 Å². The SMILES string of the molecule is Cc1ccc(C)c(NC(=S)NC(NC(=O)c2ccc(F)cc2)C(Cl)(Cl)Cl)c1. The van der Waals surface area contributed by atoms with Crippen molar-refractivity contribution in [2.24, 2.45) is 0 Å². The molecule has 2 rings (SSSR count). The molecule has 9 heteroatoms. The van der Waals surface area contributed by atoms with Gasteiger partial charge in [0.2, 0.25) is 3.79 Å². The lowest BCUT2D eigenvalue weighted by Crippen LogP contribution is -2.56. The Kier molecular flexibility index (Phi) is 7.28. The molecule has 1 unspecified atom stereocenters. The van der Waals surface area contributed by atoms with Gasteiger partial charge in [0.15, 0.2) is 5.11 Å². The Hall–Kier alpha value is -1.60. The predicted octanol–water partition coefficient (Wildman–Crippen LogP) is 4.86. The van der Waals surface area contributed by atoms with Crippen LogP contribution in [0.5, 0.6) is 0 Å². The monoisotopic (exact) mass is 447 g/mol. The number of anilines is 1. The largest absolute Gasteiger partial charge is 0.339 e. The number of thiocarbonyl (C=S) groups is 1. The molecule has 2 aromatic rings. The van der Waals surface area contributed by atoms with E-state index in [4.69, 9.17) is 47.0 Å². The average molecular weight is 449 g/mol. The number of amides is 1. The summed E-state index contributed by atoms with van der Waals surface area (Å²) in [5.74, 6) is -1.00. The highest BCUT2D eigenvalue weighted by Gasteiger charge is 2.35. The highest BCUT2D eigenvalue weighted by molar-refractivity contribution is 7.80. The van der Waals surface area contributed by atoms with Gasteiger partial charge >= 0.3 is 0 Å². The first kappa shape index (κ1) is 21.7. The number of carbonyl (C=O) groups excluding carboxylic acids is 1. The highest BCUT2D eigenvalue weighted by Crippen LogP contribution is 2.29. The number of halogens is 4. The molecule has 3 N–H and O–H groups in total. The minimum absolute atomic E-state index is 0.166. The van der Waals surface area contributed by atoms with Gasteiger partial charge in [0.05, 0.1) is 0 Å². The summed E-state index contributed by atoms with van der Waals surface area (Å²) < 4.78 is 11.1. The standard InChI is InChI=1S/C18H17Cl3FN3OS/c1-10-3-4-11(2)14(9-10)23-17(27)25-16(18(19,20)21)24-15(26)12-5-7-13(22)8-6-12/h3-9,16H,1-2H3,(H,24,26)(H2,23,25,27). The van der Waals surface area contributed by atoms with E-state index < -0.39 is 21.7 Å². The molecular formula is C18H17Cl3FN3OS. The van der Waals surface area contributed by atoms with E-state index in [0.717, 1.165) is 16.8 Å². The fourth-order valence-corrected chi connectivity index (χ4v) is 2.73. The smallest absolute Gasteiger partial charge is 0.252 e. The number of alkyl halides is 3. The second-order valence-corrected chi connectivity index (χ2v) is 8.65. The first-order chi connectivity index (χ1) is 12.6. The molecule has 0 aliphatic heterocycles. The molecule has 0 heterocycles. The zero-order valence-electron chi connectivity index (χ0n) is 14.4. The van der Waals surface area contributed by atoms with E-state index >= 15 is 0 Å². The van der Waals surface area contributed by atoms with Crippen LogP contribution >= 0.6 is 47.0 Å². The number of rotatable bonds is 4. The molecule has 0 saturated carbocycles. The Labute approximate surface area is 177 Å². The number of nitrogens with one attached hydrogen (secondary N) is 3. The molecule has 1 atom stereocenters. The van der Waals surface area contributed by atoms with E-state index in [1.165, 1.54) is 24.3 Å². The molecule has 27 heavy (non-hydrogen) atoms. The van der Waals surface area contributed by atoms with Crippen molar-refractivity contribution in [3.63, 3.8) is 0 Å². The van der Waals surface area contributed by atoms with Crippen LogP contribution in [0.25, 0.3) is 0 Å². The van der Waals surface area contributed by atoms with Gasteiger partial charge < -0.3 is 16.0 Å². The molecular weight excluding hydrogens is 432 g/mol. The van der Waals surface area contributed by atoms with Crippen LogP contribution in [0.15, 0.2) is 42.5 Å². The summed E-state index contributed by atoms with van der Waals surface area (Å²) >= 11 is 23.2. The third-order valence-corrected chi connectivity index (χ3v) is 4.50. The molecule has 0 saturated heterocycles. The lowest BCUT2D eigenvalue weighted by molar-refractivity contribution is 0.0934. The quantitative estimate of drug-likeness (QED) is 0.355. The zero-order chi connectivity index (χ0) is 20.2. The summed E-state index contributed by atoms with van der Waals surface area (Å²) in [4.78, 5) is 12.3. The molecule has 1 amide bonds. The van der Waals surface area contributed by atoms with Gasteiger partial charge in [0.25, 0.3) is 5.91 Å². The maximum absolute atomic E-state index is 13.0. The summed E-state index contributed by atoms with van der Waals surface area (Å²) in [6.45, 7) is 3.88. The second-order valence-electron chi connectivity index (χ2n) is 5.87. The highest BCUT2D eigenvalue weighted by atomic mass is 35.6. The van der Waals surface area contributed by atoms with E-state index in [1.54, 1.807) is 0 Å². The fraction of sp³-hybridized carbons (Fsp3) is 0.222. The van der Waals surface area contributed by atoms with Crippen molar-refractivity contribution in [3.05, 3.63) is 65.0 Å². The van der Waals surface area contributed by atoms with E-state index in [9.17, 15) is 9.18 Å². The van der Waals surface area contributed by atoms with Gasteiger partial charge in [-0.15, -0.1) is 0 Å². The minimum Gasteiger partial charge on any atom is -0.339 e. The summed E-state index contributed by atoms with van der Waals surface area (Å²) in [6, 6.07) is 10.8. The lowest BCUT2D eigenvalue weighted by atomic mass is 10.1. The molecule has 0 aromatic heterocycles. The normalized spacial score (nSPS) is 12.2. The molecule has 0 spiro atoms. The van der Waals surface area contributed by atoms with Crippen LogP contribution < -0.4 is 16.0 Å². The van der Waals surface area contributed by atoms with Crippen LogP contribution in [-0.2, 0) is 0 Å². The van der Waals surface area contributed by atoms with E-state index in [1.807, 2.05) is 32.0 Å². The van der Waals surface area contributed by atoms with Gasteiger partial charge in [-0.2, -0.15) is 0 Å². The summed E-state index contributed by atoms with van der Waals surface area (Å²) in [6.07, 6.45) is -1.12. The van der Waals surface area contributed by atoms with Crippen molar-refractivity contribution in [2.45, 2.75) is 23.8 Å². The molecule has 0 aliphatic rings. The fourth-order valence-electron chi connectivity index (χ4n) is 2.18. The van der Waals surface area contributed by atoms with Crippen LogP contribution in [-0.4, -0.2) is 21.0 Å². The molecule has 4 nitrogen and oxygen atoms in total. The molecule has 144 valence electrons. The number of hydrogen-bond donors (Lipinski definition) is 3. The molecule has 2 aromatic carbocycles. The number of benzene rings is 2. The third kappa shape index (κ3) is 6.50. The van der Waals surface area contributed by atoms with Crippen molar-refractivity contribution < 1.29 is 9.18 Å². The Morgan fingerprint density at radius 2 is 1.70 bits per heavy atom. The molecule has 0 fully saturated rings. The third-order valence-electron chi connectivity index (χ3n) is 3.63. The predicted molar refractivity (Wildman–Crippen MR) is 113 cm³/mol. The van der Waals surface area contributed by atoms with E-state index in [2.05, 4.69) is 16.0 Å². The Balaban J connectivity index is 2.10. The Morgan fingerprint density at radius 1 is 1.07 bits per heavy atom. The van der Waals surface area contributed by atoms with Gasteiger partial charge in [-0.3, -0.25) is 4.79 Å². The van der Waals surface area contributed by atoms with Crippen LogP contribution in [0.2, 0.25) is 0 Å². The summed E-state index contributed by atoms with van der Waals surface area (Å²) in [5.41, 5.74) is 3.03. The number of carbonyl (C=O) groups is 1. The zero-order valence-corrected chi connectivity index (χ0v) is 17.5. The number of hydrogen-bond acceptors (Lipinski definition) is 2.